The SMILES string of the molecule is CC(C)Cc1ccccc1O.CCC. The second-order valence-corrected chi connectivity index (χ2v) is 3.93. The van der Waals surface area contributed by atoms with Crippen LogP contribution in [0.1, 0.15) is 39.7 Å². The van der Waals surface area contributed by atoms with Gasteiger partial charge in [-0.05, 0) is 24.0 Å². The molecule has 0 unspecified atom stereocenters. The summed E-state index contributed by atoms with van der Waals surface area (Å²) in [7, 11) is 0. The van der Waals surface area contributed by atoms with E-state index in [2.05, 4.69) is 27.7 Å². The van der Waals surface area contributed by atoms with Crippen LogP contribution in [0.5, 0.6) is 5.75 Å². The third-order valence-corrected chi connectivity index (χ3v) is 1.62. The number of rotatable bonds is 2. The first kappa shape index (κ1) is 13.0. The van der Waals surface area contributed by atoms with E-state index in [9.17, 15) is 5.11 Å². The normalized spacial score (nSPS) is 9.50. The van der Waals surface area contributed by atoms with Gasteiger partial charge in [0.1, 0.15) is 5.75 Å². The van der Waals surface area contributed by atoms with Crippen LogP contribution in [0.3, 0.4) is 0 Å². The van der Waals surface area contributed by atoms with E-state index in [1.165, 1.54) is 6.42 Å². The number of hydrogen-bond donors (Lipinski definition) is 1. The summed E-state index contributed by atoms with van der Waals surface area (Å²) in [6.07, 6.45) is 2.20. The lowest BCUT2D eigenvalue weighted by Gasteiger charge is -2.05. The van der Waals surface area contributed by atoms with Crippen molar-refractivity contribution >= 4 is 0 Å². The van der Waals surface area contributed by atoms with Crippen molar-refractivity contribution < 1.29 is 5.11 Å². The van der Waals surface area contributed by atoms with Gasteiger partial charge in [0.2, 0.25) is 0 Å². The number of aromatic hydroxyl groups is 1. The number of phenols is 1. The zero-order chi connectivity index (χ0) is 11.0. The molecule has 0 atom stereocenters. The fourth-order valence-corrected chi connectivity index (χ4v) is 1.12. The summed E-state index contributed by atoms with van der Waals surface area (Å²) in [6, 6.07) is 7.50. The molecule has 0 bridgehead atoms. The summed E-state index contributed by atoms with van der Waals surface area (Å²) >= 11 is 0. The second-order valence-electron chi connectivity index (χ2n) is 3.93. The molecule has 14 heavy (non-hydrogen) atoms. The first-order chi connectivity index (χ1) is 6.61. The molecule has 0 aliphatic rings. The highest BCUT2D eigenvalue weighted by Gasteiger charge is 2.00. The maximum Gasteiger partial charge on any atom is 0.118 e. The van der Waals surface area contributed by atoms with Crippen molar-refractivity contribution in [3.05, 3.63) is 29.8 Å². The van der Waals surface area contributed by atoms with Crippen molar-refractivity contribution in [3.63, 3.8) is 0 Å². The molecule has 0 spiro atoms. The van der Waals surface area contributed by atoms with Gasteiger partial charge in [-0.2, -0.15) is 0 Å². The molecule has 0 amide bonds. The molecule has 0 aliphatic heterocycles. The monoisotopic (exact) mass is 194 g/mol. The standard InChI is InChI=1S/C10H14O.C3H8/c1-8(2)7-9-5-3-4-6-10(9)11;1-3-2/h3-6,8,11H,7H2,1-2H3;3H2,1-2H3. The lowest BCUT2D eigenvalue weighted by Crippen LogP contribution is -1.93. The molecule has 0 saturated carbocycles. The van der Waals surface area contributed by atoms with Gasteiger partial charge in [0.25, 0.3) is 0 Å². The zero-order valence-electron chi connectivity index (χ0n) is 9.75. The smallest absolute Gasteiger partial charge is 0.118 e. The van der Waals surface area contributed by atoms with E-state index in [0.29, 0.717) is 11.7 Å². The van der Waals surface area contributed by atoms with Gasteiger partial charge in [0.05, 0.1) is 0 Å². The van der Waals surface area contributed by atoms with Gasteiger partial charge in [0, 0.05) is 0 Å². The second kappa shape index (κ2) is 7.43. The largest absolute Gasteiger partial charge is 0.508 e. The van der Waals surface area contributed by atoms with Crippen molar-refractivity contribution in [2.45, 2.75) is 40.5 Å². The third-order valence-electron chi connectivity index (χ3n) is 1.62. The highest BCUT2D eigenvalue weighted by molar-refractivity contribution is 5.31. The Morgan fingerprint density at radius 1 is 1.14 bits per heavy atom. The van der Waals surface area contributed by atoms with Crippen LogP contribution in [0.4, 0.5) is 0 Å². The van der Waals surface area contributed by atoms with Gasteiger partial charge < -0.3 is 5.11 Å². The van der Waals surface area contributed by atoms with Gasteiger partial charge in [-0.25, -0.2) is 0 Å². The van der Waals surface area contributed by atoms with E-state index < -0.39 is 0 Å². The average Bonchev–Trinajstić information content (AvgIpc) is 2.09. The molecule has 1 N–H and O–H groups in total. The molecule has 80 valence electrons. The number of benzene rings is 1. The molecule has 1 heteroatoms. The maximum absolute atomic E-state index is 9.36. The lowest BCUT2D eigenvalue weighted by molar-refractivity contribution is 0.462. The van der Waals surface area contributed by atoms with Gasteiger partial charge >= 0.3 is 0 Å². The Balaban J connectivity index is 0.000000500. The highest BCUT2D eigenvalue weighted by Crippen LogP contribution is 2.18. The van der Waals surface area contributed by atoms with Crippen LogP contribution in [0, 0.1) is 5.92 Å². The van der Waals surface area contributed by atoms with E-state index in [-0.39, 0.29) is 0 Å². The van der Waals surface area contributed by atoms with Crippen molar-refractivity contribution in [3.8, 4) is 5.75 Å². The van der Waals surface area contributed by atoms with Crippen LogP contribution in [0.2, 0.25) is 0 Å². The predicted octanol–water partition coefficient (Wildman–Crippen LogP) is 4.01. The van der Waals surface area contributed by atoms with E-state index in [1.54, 1.807) is 6.07 Å². The summed E-state index contributed by atoms with van der Waals surface area (Å²) in [5, 5.41) is 9.36. The van der Waals surface area contributed by atoms with E-state index in [4.69, 9.17) is 0 Å². The minimum Gasteiger partial charge on any atom is -0.508 e. The molecule has 1 aromatic carbocycles. The highest BCUT2D eigenvalue weighted by atomic mass is 16.3. The zero-order valence-corrected chi connectivity index (χ0v) is 9.75. The molecule has 0 heterocycles. The molecule has 0 aromatic heterocycles. The van der Waals surface area contributed by atoms with Gasteiger partial charge in [-0.1, -0.05) is 52.3 Å². The van der Waals surface area contributed by atoms with E-state index in [1.807, 2.05) is 18.2 Å². The number of para-hydroxylation sites is 1. The van der Waals surface area contributed by atoms with E-state index >= 15 is 0 Å². The minimum absolute atomic E-state index is 0.418. The summed E-state index contributed by atoms with van der Waals surface area (Å²) in [5.41, 5.74) is 1.04. The first-order valence-corrected chi connectivity index (χ1v) is 5.38. The molecule has 0 radical (unpaired) electrons. The molecule has 0 aliphatic carbocycles. The first-order valence-electron chi connectivity index (χ1n) is 5.38. The molecule has 0 fully saturated rings. The quantitative estimate of drug-likeness (QED) is 0.754. The van der Waals surface area contributed by atoms with Crippen molar-refractivity contribution in [1.29, 1.82) is 0 Å². The minimum atomic E-state index is 0.418. The van der Waals surface area contributed by atoms with Gasteiger partial charge in [0.15, 0.2) is 0 Å². The summed E-state index contributed by atoms with van der Waals surface area (Å²) in [6.45, 7) is 8.54. The van der Waals surface area contributed by atoms with E-state index in [0.717, 1.165) is 12.0 Å². The summed E-state index contributed by atoms with van der Waals surface area (Å²) in [4.78, 5) is 0. The Morgan fingerprint density at radius 2 is 1.64 bits per heavy atom. The maximum atomic E-state index is 9.36. The number of hydrogen-bond acceptors (Lipinski definition) is 1. The van der Waals surface area contributed by atoms with Crippen LogP contribution in [0.15, 0.2) is 24.3 Å². The Bertz CT molecular complexity index is 241. The van der Waals surface area contributed by atoms with Crippen LogP contribution in [0.25, 0.3) is 0 Å². The Labute approximate surface area is 87.8 Å². The van der Waals surface area contributed by atoms with Gasteiger partial charge in [-0.15, -0.1) is 0 Å². The van der Waals surface area contributed by atoms with Crippen LogP contribution >= 0.6 is 0 Å². The third kappa shape index (κ3) is 5.63. The van der Waals surface area contributed by atoms with Crippen molar-refractivity contribution in [1.82, 2.24) is 0 Å². The Morgan fingerprint density at radius 3 is 2.07 bits per heavy atom. The predicted molar refractivity (Wildman–Crippen MR) is 62.6 cm³/mol. The fraction of sp³-hybridized carbons (Fsp3) is 0.538. The molecular formula is C13H22O. The van der Waals surface area contributed by atoms with Crippen LogP contribution in [-0.4, -0.2) is 5.11 Å². The average molecular weight is 194 g/mol. The summed E-state index contributed by atoms with van der Waals surface area (Å²) < 4.78 is 0. The molecule has 1 rings (SSSR count). The number of phenolic OH excluding ortho intramolecular Hbond substituents is 1. The molecular weight excluding hydrogens is 172 g/mol. The fourth-order valence-electron chi connectivity index (χ4n) is 1.12. The molecule has 1 aromatic rings. The summed E-state index contributed by atoms with van der Waals surface area (Å²) in [5.74, 6) is 1.02. The van der Waals surface area contributed by atoms with Gasteiger partial charge in [-0.3, -0.25) is 0 Å². The lowest BCUT2D eigenvalue weighted by atomic mass is 10.0. The van der Waals surface area contributed by atoms with Crippen LogP contribution in [-0.2, 0) is 6.42 Å². The Kier molecular flexibility index (Phi) is 6.91. The van der Waals surface area contributed by atoms with Crippen molar-refractivity contribution in [2.75, 3.05) is 0 Å². The van der Waals surface area contributed by atoms with Crippen LogP contribution < -0.4 is 0 Å². The Hall–Kier alpha value is -0.980. The molecule has 1 nitrogen and oxygen atoms in total. The topological polar surface area (TPSA) is 20.2 Å². The van der Waals surface area contributed by atoms with Crippen molar-refractivity contribution in [2.24, 2.45) is 5.92 Å². The molecule has 0 saturated heterocycles.